The van der Waals surface area contributed by atoms with E-state index in [-0.39, 0.29) is 18.0 Å². The van der Waals surface area contributed by atoms with Crippen molar-refractivity contribution < 1.29 is 14.6 Å². The molecule has 0 aliphatic heterocycles. The van der Waals surface area contributed by atoms with Crippen LogP contribution in [-0.4, -0.2) is 34.3 Å². The van der Waals surface area contributed by atoms with Crippen LogP contribution in [-0.2, 0) is 9.53 Å². The smallest absolute Gasteiger partial charge is 0.173 e. The van der Waals surface area contributed by atoms with Gasteiger partial charge in [-0.2, -0.15) is 15.6 Å². The number of aromatic amines is 1. The summed E-state index contributed by atoms with van der Waals surface area (Å²) in [7, 11) is 0. The van der Waals surface area contributed by atoms with Crippen LogP contribution in [0.4, 0.5) is 0 Å². The quantitative estimate of drug-likeness (QED) is 0.203. The summed E-state index contributed by atoms with van der Waals surface area (Å²) in [5.74, 6) is 7.73. The third-order valence-electron chi connectivity index (χ3n) is 1.82. The zero-order chi connectivity index (χ0) is 18.7. The average molecular weight is 324 g/mol. The highest BCUT2D eigenvalue weighted by Gasteiger charge is 2.00. The van der Waals surface area contributed by atoms with Crippen LogP contribution in [0, 0.1) is 29.6 Å². The van der Waals surface area contributed by atoms with Crippen molar-refractivity contribution in [3.8, 4) is 12.1 Å². The summed E-state index contributed by atoms with van der Waals surface area (Å²) in [6, 6.07) is 3.70. The van der Waals surface area contributed by atoms with E-state index in [1.54, 1.807) is 19.9 Å². The van der Waals surface area contributed by atoms with Gasteiger partial charge in [-0.15, -0.1) is 0 Å². The van der Waals surface area contributed by atoms with E-state index in [0.717, 1.165) is 5.69 Å². The summed E-state index contributed by atoms with van der Waals surface area (Å²) in [6.45, 7) is 7.32. The second kappa shape index (κ2) is 19.3. The summed E-state index contributed by atoms with van der Waals surface area (Å²) in [4.78, 5) is 10.5. The molecule has 0 saturated carbocycles. The minimum atomic E-state index is -0.268. The predicted molar refractivity (Wildman–Crippen MR) is 85.2 cm³/mol. The maximum absolute atomic E-state index is 10.5. The lowest BCUT2D eigenvalue weighted by atomic mass is 10.2. The number of Topliss-reactive ketones (excluding diaryl/α,β-unsaturated/α-hetero) is 1. The number of nitrogens with one attached hydrogen (secondary N) is 1. The molecule has 23 heavy (non-hydrogen) atoms. The molecule has 0 aromatic carbocycles. The number of carbonyl (C=O) groups excluding carboxylic acids is 1. The number of aromatic nitrogens is 2. The molecule has 1 aromatic heterocycles. The standard InChI is InChI=1S/C7H9NO2.C5H5N3.C2H6O.H4N2/c1-3-10-5-7(4-8)6(2)9;1-4-5(2-6)3-7-8-4;1-2-3;1-2/h5H,3H2,1-2H3;3H,1H3,(H,7,8);3H,2H2,1H3;1-2H2/b7-5-;;;. The number of rotatable bonds is 3. The van der Waals surface area contributed by atoms with E-state index in [1.165, 1.54) is 19.4 Å². The van der Waals surface area contributed by atoms with Gasteiger partial charge in [0.15, 0.2) is 5.78 Å². The zero-order valence-electron chi connectivity index (χ0n) is 13.8. The van der Waals surface area contributed by atoms with Crippen molar-refractivity contribution >= 4 is 5.78 Å². The minimum absolute atomic E-state index is 0.0573. The van der Waals surface area contributed by atoms with Gasteiger partial charge in [0.2, 0.25) is 0 Å². The van der Waals surface area contributed by atoms with Crippen LogP contribution in [0.15, 0.2) is 18.0 Å². The van der Waals surface area contributed by atoms with Gasteiger partial charge in [0, 0.05) is 12.3 Å². The second-order valence-electron chi connectivity index (χ2n) is 3.49. The van der Waals surface area contributed by atoms with E-state index in [4.69, 9.17) is 20.4 Å². The molecular formula is C14H24N6O3. The van der Waals surface area contributed by atoms with Crippen LogP contribution in [0.5, 0.6) is 0 Å². The number of aliphatic hydroxyl groups is 1. The molecule has 1 rings (SSSR count). The number of ether oxygens (including phenoxy) is 1. The summed E-state index contributed by atoms with van der Waals surface area (Å²) in [6.07, 6.45) is 2.69. The van der Waals surface area contributed by atoms with Gasteiger partial charge in [0.05, 0.1) is 18.4 Å². The molecular weight excluding hydrogens is 300 g/mol. The van der Waals surface area contributed by atoms with Crippen LogP contribution in [0.25, 0.3) is 0 Å². The first-order valence-electron chi connectivity index (χ1n) is 6.55. The highest BCUT2D eigenvalue weighted by molar-refractivity contribution is 5.96. The van der Waals surface area contributed by atoms with Crippen LogP contribution in [0.1, 0.15) is 32.0 Å². The Morgan fingerprint density at radius 3 is 2.22 bits per heavy atom. The molecule has 0 spiro atoms. The Morgan fingerprint density at radius 2 is 2.00 bits per heavy atom. The van der Waals surface area contributed by atoms with E-state index in [9.17, 15) is 4.79 Å². The monoisotopic (exact) mass is 324 g/mol. The molecule has 1 aromatic rings. The number of nitrogens with two attached hydrogens (primary N) is 2. The number of nitriles is 2. The van der Waals surface area contributed by atoms with E-state index >= 15 is 0 Å². The summed E-state index contributed by atoms with van der Waals surface area (Å²) < 4.78 is 4.74. The molecule has 0 bridgehead atoms. The lowest BCUT2D eigenvalue weighted by Crippen LogP contribution is -2.02. The number of hydrazine groups is 1. The van der Waals surface area contributed by atoms with E-state index in [0.29, 0.717) is 12.2 Å². The minimum Gasteiger partial charge on any atom is -0.500 e. The summed E-state index contributed by atoms with van der Waals surface area (Å²) >= 11 is 0. The fourth-order valence-electron chi connectivity index (χ4n) is 0.818. The van der Waals surface area contributed by atoms with E-state index in [1.807, 2.05) is 13.0 Å². The van der Waals surface area contributed by atoms with Gasteiger partial charge in [-0.05, 0) is 27.7 Å². The number of allylic oxidation sites excluding steroid dienone is 1. The molecule has 0 saturated heterocycles. The highest BCUT2D eigenvalue weighted by Crippen LogP contribution is 1.97. The molecule has 6 N–H and O–H groups in total. The fourth-order valence-corrected chi connectivity index (χ4v) is 0.818. The van der Waals surface area contributed by atoms with Crippen molar-refractivity contribution in [3.63, 3.8) is 0 Å². The number of nitrogens with zero attached hydrogens (tertiary/aromatic N) is 3. The first-order valence-corrected chi connectivity index (χ1v) is 6.55. The number of hydrogen-bond acceptors (Lipinski definition) is 8. The van der Waals surface area contributed by atoms with Crippen molar-refractivity contribution in [3.05, 3.63) is 29.3 Å². The van der Waals surface area contributed by atoms with Crippen molar-refractivity contribution in [1.29, 1.82) is 10.5 Å². The molecule has 1 heterocycles. The number of aryl methyl sites for hydroxylation is 1. The third kappa shape index (κ3) is 15.5. The molecule has 0 aliphatic carbocycles. The van der Waals surface area contributed by atoms with Gasteiger partial charge in [0.25, 0.3) is 0 Å². The number of aliphatic hydroxyl groups excluding tert-OH is 1. The Labute approximate surface area is 136 Å². The summed E-state index contributed by atoms with van der Waals surface area (Å²) in [5, 5.41) is 30.5. The normalized spacial score (nSPS) is 8.48. The molecule has 0 amide bonds. The van der Waals surface area contributed by atoms with Crippen molar-refractivity contribution in [2.24, 2.45) is 11.7 Å². The molecule has 9 nitrogen and oxygen atoms in total. The Balaban J connectivity index is -0.000000275. The number of carbonyl (C=O) groups is 1. The third-order valence-corrected chi connectivity index (χ3v) is 1.82. The maximum atomic E-state index is 10.5. The van der Waals surface area contributed by atoms with Crippen LogP contribution < -0.4 is 11.7 Å². The van der Waals surface area contributed by atoms with Crippen LogP contribution in [0.2, 0.25) is 0 Å². The van der Waals surface area contributed by atoms with Gasteiger partial charge >= 0.3 is 0 Å². The first kappa shape index (κ1) is 25.2. The highest BCUT2D eigenvalue weighted by atomic mass is 16.5. The summed E-state index contributed by atoms with van der Waals surface area (Å²) in [5.41, 5.74) is 1.50. The Morgan fingerprint density at radius 1 is 1.48 bits per heavy atom. The van der Waals surface area contributed by atoms with Gasteiger partial charge < -0.3 is 9.84 Å². The number of ketones is 1. The molecule has 0 radical (unpaired) electrons. The van der Waals surface area contributed by atoms with Gasteiger partial charge in [-0.1, -0.05) is 0 Å². The van der Waals surface area contributed by atoms with Crippen LogP contribution >= 0.6 is 0 Å². The topological polar surface area (TPSA) is 175 Å². The largest absolute Gasteiger partial charge is 0.500 e. The number of hydrogen-bond donors (Lipinski definition) is 4. The SMILES string of the molecule is CCO.CCO/C=C(/C#N)C(C)=O.Cc1[nH]ncc1C#N.NN. The Bertz CT molecular complexity index is 525. The molecule has 0 fully saturated rings. The first-order chi connectivity index (χ1) is 11.0. The molecule has 0 atom stereocenters. The molecule has 128 valence electrons. The van der Waals surface area contributed by atoms with Crippen molar-refractivity contribution in [2.45, 2.75) is 27.7 Å². The Kier molecular flexibility index (Phi) is 21.2. The zero-order valence-corrected chi connectivity index (χ0v) is 13.8. The predicted octanol–water partition coefficient (Wildman–Crippen LogP) is 0.427. The van der Waals surface area contributed by atoms with Gasteiger partial charge in [-0.3, -0.25) is 21.6 Å². The molecule has 9 heteroatoms. The fraction of sp³-hybridized carbons (Fsp3) is 0.429. The van der Waals surface area contributed by atoms with Gasteiger partial charge in [-0.25, -0.2) is 0 Å². The van der Waals surface area contributed by atoms with Crippen molar-refractivity contribution in [2.75, 3.05) is 13.2 Å². The van der Waals surface area contributed by atoms with Gasteiger partial charge in [0.1, 0.15) is 24.0 Å². The maximum Gasteiger partial charge on any atom is 0.173 e. The lowest BCUT2D eigenvalue weighted by Gasteiger charge is -1.92. The van der Waals surface area contributed by atoms with Crippen molar-refractivity contribution in [1.82, 2.24) is 10.2 Å². The lowest BCUT2D eigenvalue weighted by molar-refractivity contribution is -0.113. The Hall–Kier alpha value is -2.72. The molecule has 0 aliphatic rings. The molecule has 0 unspecified atom stereocenters. The second-order valence-corrected chi connectivity index (χ2v) is 3.49. The average Bonchev–Trinajstić information content (AvgIpc) is 2.96. The van der Waals surface area contributed by atoms with E-state index < -0.39 is 0 Å². The van der Waals surface area contributed by atoms with Crippen LogP contribution in [0.3, 0.4) is 0 Å². The number of H-pyrrole nitrogens is 1. The van der Waals surface area contributed by atoms with E-state index in [2.05, 4.69) is 21.9 Å².